The summed E-state index contributed by atoms with van der Waals surface area (Å²) >= 11 is 0. The van der Waals surface area contributed by atoms with Crippen LogP contribution in [0.1, 0.15) is 11.1 Å². The molecule has 3 rings (SSSR count). The van der Waals surface area contributed by atoms with Crippen LogP contribution in [-0.2, 0) is 6.54 Å². The topological polar surface area (TPSA) is 68.2 Å². The number of hydrogen-bond acceptors (Lipinski definition) is 4. The van der Waals surface area contributed by atoms with E-state index < -0.39 is 0 Å². The average Bonchev–Trinajstić information content (AvgIpc) is 2.85. The fourth-order valence-electron chi connectivity index (χ4n) is 2.01. The molecule has 0 saturated heterocycles. The van der Waals surface area contributed by atoms with Gasteiger partial charge in [-0.15, -0.1) is 0 Å². The van der Waals surface area contributed by atoms with Gasteiger partial charge < -0.3 is 11.1 Å². The van der Waals surface area contributed by atoms with Gasteiger partial charge in [-0.05, 0) is 42.3 Å². The summed E-state index contributed by atoms with van der Waals surface area (Å²) in [6.07, 6.45) is 1.56. The number of rotatable bonds is 3. The molecule has 0 amide bonds. The van der Waals surface area contributed by atoms with Gasteiger partial charge in [-0.1, -0.05) is 12.1 Å². The van der Waals surface area contributed by atoms with E-state index in [2.05, 4.69) is 21.5 Å². The molecule has 0 fully saturated rings. The van der Waals surface area contributed by atoms with Crippen LogP contribution < -0.4 is 11.1 Å². The summed E-state index contributed by atoms with van der Waals surface area (Å²) in [6, 6.07) is 11.9. The van der Waals surface area contributed by atoms with E-state index in [0.717, 1.165) is 29.3 Å². The van der Waals surface area contributed by atoms with Crippen molar-refractivity contribution >= 4 is 17.2 Å². The van der Waals surface area contributed by atoms with Gasteiger partial charge in [0.1, 0.15) is 12.1 Å². The second-order valence-electron chi connectivity index (χ2n) is 4.54. The largest absolute Gasteiger partial charge is 0.399 e. The molecule has 19 heavy (non-hydrogen) atoms. The maximum Gasteiger partial charge on any atom is 0.157 e. The van der Waals surface area contributed by atoms with Gasteiger partial charge in [0.2, 0.25) is 0 Å². The molecule has 3 aromatic rings. The summed E-state index contributed by atoms with van der Waals surface area (Å²) < 4.78 is 1.80. The van der Waals surface area contributed by atoms with Crippen LogP contribution in [0.4, 0.5) is 11.5 Å². The first kappa shape index (κ1) is 11.5. The minimum atomic E-state index is 0.721. The highest BCUT2D eigenvalue weighted by atomic mass is 15.3. The number of nitrogens with zero attached hydrogens (tertiary/aromatic N) is 3. The lowest BCUT2D eigenvalue weighted by molar-refractivity contribution is 0.941. The van der Waals surface area contributed by atoms with E-state index in [9.17, 15) is 0 Å². The Hall–Kier alpha value is -2.56. The van der Waals surface area contributed by atoms with Crippen molar-refractivity contribution in [1.82, 2.24) is 14.6 Å². The molecule has 0 saturated carbocycles. The van der Waals surface area contributed by atoms with E-state index >= 15 is 0 Å². The molecule has 0 radical (unpaired) electrons. The van der Waals surface area contributed by atoms with E-state index in [0.29, 0.717) is 0 Å². The second kappa shape index (κ2) is 4.61. The summed E-state index contributed by atoms with van der Waals surface area (Å²) in [5.41, 5.74) is 9.62. The van der Waals surface area contributed by atoms with Crippen molar-refractivity contribution in [3.8, 4) is 0 Å². The number of aryl methyl sites for hydroxylation is 1. The third-order valence-electron chi connectivity index (χ3n) is 2.98. The number of fused-ring (bicyclic) bond motifs is 1. The zero-order valence-corrected chi connectivity index (χ0v) is 10.7. The Labute approximate surface area is 111 Å². The number of nitrogen functional groups attached to an aromatic ring is 1. The highest BCUT2D eigenvalue weighted by molar-refractivity contribution is 5.51. The number of benzene rings is 1. The molecule has 2 heterocycles. The van der Waals surface area contributed by atoms with Gasteiger partial charge >= 0.3 is 0 Å². The molecule has 1 aromatic carbocycles. The van der Waals surface area contributed by atoms with Crippen LogP contribution in [-0.4, -0.2) is 14.6 Å². The third kappa shape index (κ3) is 2.35. The first-order valence-electron chi connectivity index (χ1n) is 6.11. The Morgan fingerprint density at radius 2 is 2.00 bits per heavy atom. The summed E-state index contributed by atoms with van der Waals surface area (Å²) in [6.45, 7) is 2.77. The minimum Gasteiger partial charge on any atom is -0.399 e. The Bertz CT molecular complexity index is 699. The maximum absolute atomic E-state index is 5.67. The Balaban J connectivity index is 1.85. The van der Waals surface area contributed by atoms with E-state index in [1.807, 2.05) is 37.3 Å². The van der Waals surface area contributed by atoms with Crippen molar-refractivity contribution in [2.75, 3.05) is 11.1 Å². The maximum atomic E-state index is 5.67. The molecule has 0 aliphatic carbocycles. The first-order chi connectivity index (χ1) is 9.22. The number of nitrogens with two attached hydrogens (primary N) is 1. The van der Waals surface area contributed by atoms with Gasteiger partial charge in [-0.2, -0.15) is 9.61 Å². The van der Waals surface area contributed by atoms with Crippen LogP contribution in [0.3, 0.4) is 0 Å². The zero-order chi connectivity index (χ0) is 13.2. The summed E-state index contributed by atoms with van der Waals surface area (Å²) in [4.78, 5) is 4.20. The van der Waals surface area contributed by atoms with Crippen LogP contribution in [0, 0.1) is 6.92 Å². The van der Waals surface area contributed by atoms with Crippen molar-refractivity contribution in [3.05, 3.63) is 53.9 Å². The fraction of sp³-hybridized carbons (Fsp3) is 0.143. The number of hydrogen-bond donors (Lipinski definition) is 2. The van der Waals surface area contributed by atoms with Crippen LogP contribution in [0.2, 0.25) is 0 Å². The fourth-order valence-corrected chi connectivity index (χ4v) is 2.01. The Morgan fingerprint density at radius 3 is 2.79 bits per heavy atom. The summed E-state index contributed by atoms with van der Waals surface area (Å²) in [5, 5.41) is 7.58. The monoisotopic (exact) mass is 253 g/mol. The van der Waals surface area contributed by atoms with Crippen LogP contribution in [0.15, 0.2) is 42.7 Å². The average molecular weight is 253 g/mol. The van der Waals surface area contributed by atoms with Crippen LogP contribution in [0.5, 0.6) is 0 Å². The van der Waals surface area contributed by atoms with Crippen molar-refractivity contribution in [3.63, 3.8) is 0 Å². The molecule has 0 aliphatic rings. The molecular formula is C14H15N5. The molecule has 2 aromatic heterocycles. The molecule has 5 nitrogen and oxygen atoms in total. The zero-order valence-electron chi connectivity index (χ0n) is 10.7. The molecule has 0 aliphatic heterocycles. The summed E-state index contributed by atoms with van der Waals surface area (Å²) in [5.74, 6) is 0.935. The van der Waals surface area contributed by atoms with Gasteiger partial charge in [0.05, 0.1) is 0 Å². The molecule has 5 heteroatoms. The lowest BCUT2D eigenvalue weighted by Crippen LogP contribution is -2.05. The smallest absolute Gasteiger partial charge is 0.157 e. The summed E-state index contributed by atoms with van der Waals surface area (Å²) in [7, 11) is 0. The van der Waals surface area contributed by atoms with Gasteiger partial charge in [0, 0.05) is 12.2 Å². The molecule has 0 bridgehead atoms. The molecular weight excluding hydrogens is 238 g/mol. The highest BCUT2D eigenvalue weighted by Crippen LogP contribution is 2.14. The Kier molecular flexibility index (Phi) is 2.79. The van der Waals surface area contributed by atoms with Gasteiger partial charge in [0.25, 0.3) is 0 Å². The standard InChI is InChI=1S/C14H15N5/c1-10-6-13(19-14(7-10)17-9-18-19)16-8-11-2-4-12(15)5-3-11/h2-7,9,16H,8,15H2,1H3. The quantitative estimate of drug-likeness (QED) is 0.702. The van der Waals surface area contributed by atoms with Gasteiger partial charge in [0.15, 0.2) is 5.65 Å². The molecule has 96 valence electrons. The van der Waals surface area contributed by atoms with Crippen LogP contribution >= 0.6 is 0 Å². The highest BCUT2D eigenvalue weighted by Gasteiger charge is 2.03. The van der Waals surface area contributed by atoms with E-state index in [1.54, 1.807) is 10.8 Å². The molecule has 0 unspecified atom stereocenters. The third-order valence-corrected chi connectivity index (χ3v) is 2.98. The number of nitrogens with one attached hydrogen (secondary N) is 1. The minimum absolute atomic E-state index is 0.721. The van der Waals surface area contributed by atoms with Gasteiger partial charge in [-0.25, -0.2) is 4.98 Å². The Morgan fingerprint density at radius 1 is 1.21 bits per heavy atom. The van der Waals surface area contributed by atoms with E-state index in [4.69, 9.17) is 5.73 Å². The normalized spacial score (nSPS) is 10.8. The number of aromatic nitrogens is 3. The van der Waals surface area contributed by atoms with E-state index in [1.165, 1.54) is 5.56 Å². The van der Waals surface area contributed by atoms with Crippen molar-refractivity contribution < 1.29 is 0 Å². The molecule has 0 spiro atoms. The second-order valence-corrected chi connectivity index (χ2v) is 4.54. The van der Waals surface area contributed by atoms with Crippen molar-refractivity contribution in [2.24, 2.45) is 0 Å². The SMILES string of the molecule is Cc1cc(NCc2ccc(N)cc2)n2ncnc2c1. The lowest BCUT2D eigenvalue weighted by atomic mass is 10.2. The lowest BCUT2D eigenvalue weighted by Gasteiger charge is -2.09. The molecule has 3 N–H and O–H groups in total. The number of pyridine rings is 1. The predicted molar refractivity (Wildman–Crippen MR) is 75.9 cm³/mol. The molecule has 0 atom stereocenters. The van der Waals surface area contributed by atoms with Crippen molar-refractivity contribution in [1.29, 1.82) is 0 Å². The van der Waals surface area contributed by atoms with Gasteiger partial charge in [-0.3, -0.25) is 0 Å². The van der Waals surface area contributed by atoms with Crippen molar-refractivity contribution in [2.45, 2.75) is 13.5 Å². The van der Waals surface area contributed by atoms with Crippen LogP contribution in [0.25, 0.3) is 5.65 Å². The van der Waals surface area contributed by atoms with E-state index in [-0.39, 0.29) is 0 Å². The number of anilines is 2. The predicted octanol–water partition coefficient (Wildman–Crippen LogP) is 2.23. The first-order valence-corrected chi connectivity index (χ1v) is 6.11.